The van der Waals surface area contributed by atoms with E-state index in [1.165, 1.54) is 0 Å². The number of aliphatic hydroxyl groups is 2. The Balaban J connectivity index is 1.90. The average Bonchev–Trinajstić information content (AvgIpc) is 3.15. The van der Waals surface area contributed by atoms with Crippen LogP contribution < -0.4 is 10.6 Å². The number of para-hydroxylation sites is 1. The van der Waals surface area contributed by atoms with Crippen LogP contribution in [0.1, 0.15) is 18.4 Å². The van der Waals surface area contributed by atoms with Crippen LogP contribution >= 0.6 is 0 Å². The summed E-state index contributed by atoms with van der Waals surface area (Å²) in [6, 6.07) is 7.39. The van der Waals surface area contributed by atoms with Crippen molar-refractivity contribution in [2.24, 2.45) is 5.92 Å². The molecule has 0 aliphatic rings. The van der Waals surface area contributed by atoms with Crippen LogP contribution in [-0.4, -0.2) is 66.0 Å². The molecule has 0 aliphatic heterocycles. The molecular weight excluding hydrogens is 386 g/mol. The van der Waals surface area contributed by atoms with Gasteiger partial charge in [0.05, 0.1) is 38.4 Å². The average molecular weight is 418 g/mol. The van der Waals surface area contributed by atoms with E-state index < -0.39 is 12.0 Å². The van der Waals surface area contributed by atoms with Gasteiger partial charge in [-0.2, -0.15) is 0 Å². The molecule has 0 saturated heterocycles. The van der Waals surface area contributed by atoms with E-state index in [-0.39, 0.29) is 38.1 Å². The Morgan fingerprint density at radius 1 is 1.23 bits per heavy atom. The largest absolute Gasteiger partial charge is 0.394 e. The number of hydrogen-bond acceptors (Lipinski definition) is 5. The summed E-state index contributed by atoms with van der Waals surface area (Å²) in [5.74, 6) is -1.12. The second kappa shape index (κ2) is 12.8. The summed E-state index contributed by atoms with van der Waals surface area (Å²) in [6.07, 6.45) is 4.33. The zero-order chi connectivity index (χ0) is 21.8. The van der Waals surface area contributed by atoms with E-state index in [4.69, 9.17) is 9.84 Å². The molecule has 5 N–H and O–H groups in total. The van der Waals surface area contributed by atoms with Gasteiger partial charge in [-0.05, 0) is 24.5 Å². The van der Waals surface area contributed by atoms with Crippen molar-refractivity contribution in [2.75, 3.05) is 33.0 Å². The first-order valence-electron chi connectivity index (χ1n) is 10.1. The van der Waals surface area contributed by atoms with Crippen LogP contribution in [0.3, 0.4) is 0 Å². The predicted molar refractivity (Wildman–Crippen MR) is 115 cm³/mol. The number of H-pyrrole nitrogens is 1. The highest BCUT2D eigenvalue weighted by Gasteiger charge is 2.23. The topological polar surface area (TPSA) is 124 Å². The minimum absolute atomic E-state index is 0.0170. The number of amides is 2. The summed E-state index contributed by atoms with van der Waals surface area (Å²) in [5.41, 5.74) is 2.01. The normalized spacial score (nSPS) is 13.0. The molecule has 30 heavy (non-hydrogen) atoms. The lowest BCUT2D eigenvalue weighted by Gasteiger charge is -2.20. The number of rotatable bonds is 14. The Morgan fingerprint density at radius 3 is 2.77 bits per heavy atom. The fourth-order valence-corrected chi connectivity index (χ4v) is 3.26. The summed E-state index contributed by atoms with van der Waals surface area (Å²) in [5, 5.41) is 25.0. The molecule has 2 aromatic rings. The Kier molecular flexibility index (Phi) is 10.1. The van der Waals surface area contributed by atoms with Gasteiger partial charge >= 0.3 is 0 Å². The van der Waals surface area contributed by atoms with Crippen LogP contribution in [0.5, 0.6) is 0 Å². The molecule has 0 saturated carbocycles. The highest BCUT2D eigenvalue weighted by Crippen LogP contribution is 2.19. The van der Waals surface area contributed by atoms with Gasteiger partial charge in [-0.1, -0.05) is 24.3 Å². The molecule has 0 radical (unpaired) electrons. The number of fused-ring (bicyclic) bond motifs is 1. The molecule has 1 heterocycles. The van der Waals surface area contributed by atoms with E-state index in [9.17, 15) is 14.7 Å². The maximum absolute atomic E-state index is 12.7. The van der Waals surface area contributed by atoms with Crippen molar-refractivity contribution >= 4 is 22.7 Å². The quantitative estimate of drug-likeness (QED) is 0.231. The molecular formula is C22H31N3O5. The molecule has 0 unspecified atom stereocenters. The Morgan fingerprint density at radius 2 is 2.03 bits per heavy atom. The Hall–Kier alpha value is -2.68. The zero-order valence-electron chi connectivity index (χ0n) is 17.1. The number of hydrogen-bond donors (Lipinski definition) is 5. The number of benzene rings is 1. The van der Waals surface area contributed by atoms with Crippen LogP contribution in [0.4, 0.5) is 0 Å². The van der Waals surface area contributed by atoms with Gasteiger partial charge in [-0.25, -0.2) is 0 Å². The third-order valence-electron chi connectivity index (χ3n) is 4.77. The molecule has 1 aromatic carbocycles. The van der Waals surface area contributed by atoms with Gasteiger partial charge in [0.2, 0.25) is 11.8 Å². The van der Waals surface area contributed by atoms with Crippen LogP contribution in [0, 0.1) is 5.92 Å². The first kappa shape index (κ1) is 23.6. The maximum atomic E-state index is 12.7. The summed E-state index contributed by atoms with van der Waals surface area (Å²) in [4.78, 5) is 28.1. The lowest BCUT2D eigenvalue weighted by Crippen LogP contribution is -2.43. The summed E-state index contributed by atoms with van der Waals surface area (Å²) in [7, 11) is 0. The molecule has 8 nitrogen and oxygen atoms in total. The number of carbonyl (C=O) groups excluding carboxylic acids is 2. The molecule has 164 valence electrons. The Bertz CT molecular complexity index is 820. The van der Waals surface area contributed by atoms with Crippen LogP contribution in [0.15, 0.2) is 43.1 Å². The fraction of sp³-hybridized carbons (Fsp3) is 0.455. The summed E-state index contributed by atoms with van der Waals surface area (Å²) < 4.78 is 5.09. The van der Waals surface area contributed by atoms with Crippen molar-refractivity contribution in [1.82, 2.24) is 15.6 Å². The summed E-state index contributed by atoms with van der Waals surface area (Å²) in [6.45, 7) is 4.21. The van der Waals surface area contributed by atoms with E-state index >= 15 is 0 Å². The molecule has 1 aromatic heterocycles. The van der Waals surface area contributed by atoms with Crippen molar-refractivity contribution < 1.29 is 24.5 Å². The monoisotopic (exact) mass is 417 g/mol. The van der Waals surface area contributed by atoms with Crippen molar-refractivity contribution in [3.63, 3.8) is 0 Å². The first-order chi connectivity index (χ1) is 14.6. The van der Waals surface area contributed by atoms with Crippen molar-refractivity contribution in [3.05, 3.63) is 48.7 Å². The molecule has 0 bridgehead atoms. The van der Waals surface area contributed by atoms with E-state index in [2.05, 4.69) is 22.2 Å². The van der Waals surface area contributed by atoms with Gasteiger partial charge < -0.3 is 30.6 Å². The van der Waals surface area contributed by atoms with Crippen molar-refractivity contribution in [3.8, 4) is 0 Å². The van der Waals surface area contributed by atoms with Crippen molar-refractivity contribution in [2.45, 2.75) is 25.3 Å². The second-order valence-electron chi connectivity index (χ2n) is 7.06. The molecule has 0 fully saturated rings. The number of aromatic nitrogens is 1. The lowest BCUT2D eigenvalue weighted by atomic mass is 9.98. The van der Waals surface area contributed by atoms with Gasteiger partial charge in [0, 0.05) is 30.1 Å². The summed E-state index contributed by atoms with van der Waals surface area (Å²) >= 11 is 0. The third-order valence-corrected chi connectivity index (χ3v) is 4.77. The lowest BCUT2D eigenvalue weighted by molar-refractivity contribution is -0.131. The van der Waals surface area contributed by atoms with E-state index in [1.54, 1.807) is 6.08 Å². The smallest absolute Gasteiger partial charge is 0.224 e. The maximum Gasteiger partial charge on any atom is 0.224 e. The van der Waals surface area contributed by atoms with E-state index in [0.717, 1.165) is 16.5 Å². The second-order valence-corrected chi connectivity index (χ2v) is 7.06. The molecule has 0 aliphatic carbocycles. The van der Waals surface area contributed by atoms with Gasteiger partial charge in [0.15, 0.2) is 0 Å². The number of ether oxygens (including phenoxy) is 1. The number of aliphatic hydroxyl groups excluding tert-OH is 2. The molecule has 8 heteroatoms. The molecule has 2 atom stereocenters. The minimum atomic E-state index is -0.571. The van der Waals surface area contributed by atoms with Gasteiger partial charge in [0.1, 0.15) is 0 Å². The van der Waals surface area contributed by atoms with Gasteiger partial charge in [-0.3, -0.25) is 9.59 Å². The van der Waals surface area contributed by atoms with Crippen LogP contribution in [-0.2, 0) is 20.7 Å². The van der Waals surface area contributed by atoms with E-state index in [0.29, 0.717) is 26.0 Å². The fourth-order valence-electron chi connectivity index (χ4n) is 3.26. The number of nitrogens with one attached hydrogen (secondary N) is 3. The van der Waals surface area contributed by atoms with Gasteiger partial charge in [-0.15, -0.1) is 6.58 Å². The molecule has 2 amide bonds. The highest BCUT2D eigenvalue weighted by molar-refractivity contribution is 5.86. The molecule has 0 spiro atoms. The third kappa shape index (κ3) is 7.29. The SMILES string of the molecule is C=CC[C@H](CC(=O)NCCOCCO)C(=O)N[C@H](CO)Cc1c[nH]c2ccccc12. The number of allylic oxidation sites excluding steroid dienone is 1. The standard InChI is InChI=1S/C22H31N3O5/c1-2-5-16(13-21(28)23-8-10-30-11-9-26)22(29)25-18(15-27)12-17-14-24-20-7-4-3-6-19(17)20/h2-4,6-7,14,16,18,24,26-27H,1,5,8-13,15H2,(H,23,28)(H,25,29)/t16-,18+/m1/s1. The Labute approximate surface area is 176 Å². The first-order valence-corrected chi connectivity index (χ1v) is 10.1. The van der Waals surface area contributed by atoms with Crippen LogP contribution in [0.25, 0.3) is 10.9 Å². The van der Waals surface area contributed by atoms with E-state index in [1.807, 2.05) is 30.5 Å². The molecule has 2 rings (SSSR count). The number of carbonyl (C=O) groups is 2. The number of aromatic amines is 1. The minimum Gasteiger partial charge on any atom is -0.394 e. The highest BCUT2D eigenvalue weighted by atomic mass is 16.5. The van der Waals surface area contributed by atoms with Crippen molar-refractivity contribution in [1.29, 1.82) is 0 Å². The zero-order valence-corrected chi connectivity index (χ0v) is 17.1. The predicted octanol–water partition coefficient (Wildman–Crippen LogP) is 0.895. The van der Waals surface area contributed by atoms with Gasteiger partial charge in [0.25, 0.3) is 0 Å². The van der Waals surface area contributed by atoms with Crippen LogP contribution in [0.2, 0.25) is 0 Å².